The summed E-state index contributed by atoms with van der Waals surface area (Å²) in [5.74, 6) is -3.69. The number of rotatable bonds is 3. The number of hydrogen-bond donors (Lipinski definition) is 3. The molecule has 0 radical (unpaired) electrons. The smallest absolute Gasteiger partial charge is 0.417 e. The van der Waals surface area contributed by atoms with Gasteiger partial charge in [0.15, 0.2) is 5.82 Å². The Labute approximate surface area is 221 Å². The van der Waals surface area contributed by atoms with Crippen LogP contribution in [0.2, 0.25) is 0 Å². The predicted molar refractivity (Wildman–Crippen MR) is 134 cm³/mol. The van der Waals surface area contributed by atoms with E-state index in [-0.39, 0.29) is 29.6 Å². The number of nitrogens with two attached hydrogens (primary N) is 1. The van der Waals surface area contributed by atoms with Crippen LogP contribution in [0.5, 0.6) is 5.88 Å². The van der Waals surface area contributed by atoms with E-state index in [1.54, 1.807) is 6.92 Å². The SMILES string of the molecule is CCC1CNC(=O)c2c(nc(-c3cc(N)c(F)c(C)c3C(F)(F)F)c(F)c2-c2cncnc2)O[C@@H](C)CCN1. The minimum absolute atomic E-state index is 0.00158. The van der Waals surface area contributed by atoms with Crippen LogP contribution >= 0.6 is 0 Å². The average Bonchev–Trinajstić information content (AvgIpc) is 2.91. The van der Waals surface area contributed by atoms with Gasteiger partial charge in [-0.15, -0.1) is 0 Å². The van der Waals surface area contributed by atoms with Crippen molar-refractivity contribution in [3.05, 3.63) is 53.1 Å². The fourth-order valence-electron chi connectivity index (χ4n) is 4.49. The van der Waals surface area contributed by atoms with Crippen LogP contribution in [0.3, 0.4) is 0 Å². The Morgan fingerprint density at radius 2 is 1.85 bits per heavy atom. The van der Waals surface area contributed by atoms with Gasteiger partial charge in [0.1, 0.15) is 23.4 Å². The molecule has 1 amide bonds. The molecule has 208 valence electrons. The number of benzene rings is 1. The van der Waals surface area contributed by atoms with Crippen LogP contribution in [-0.2, 0) is 6.18 Å². The largest absolute Gasteiger partial charge is 0.474 e. The molecule has 4 rings (SSSR count). The summed E-state index contributed by atoms with van der Waals surface area (Å²) in [6.07, 6.45) is -0.896. The number of pyridine rings is 1. The molecule has 1 aromatic carbocycles. The van der Waals surface area contributed by atoms with E-state index in [1.807, 2.05) is 6.92 Å². The molecule has 0 aliphatic carbocycles. The maximum atomic E-state index is 16.4. The Morgan fingerprint density at radius 1 is 1.15 bits per heavy atom. The maximum Gasteiger partial charge on any atom is 0.417 e. The molecule has 0 saturated heterocycles. The van der Waals surface area contributed by atoms with Gasteiger partial charge in [-0.25, -0.2) is 23.7 Å². The third-order valence-electron chi connectivity index (χ3n) is 6.54. The lowest BCUT2D eigenvalue weighted by Crippen LogP contribution is -2.41. The van der Waals surface area contributed by atoms with E-state index in [0.717, 1.165) is 6.92 Å². The first-order valence-electron chi connectivity index (χ1n) is 12.3. The molecule has 0 bridgehead atoms. The number of nitrogens with one attached hydrogen (secondary N) is 2. The first kappa shape index (κ1) is 28.1. The van der Waals surface area contributed by atoms with Gasteiger partial charge in [-0.1, -0.05) is 6.92 Å². The van der Waals surface area contributed by atoms with Gasteiger partial charge in [-0.2, -0.15) is 13.2 Å². The number of ether oxygens (including phenoxy) is 1. The van der Waals surface area contributed by atoms with E-state index >= 15 is 4.39 Å². The van der Waals surface area contributed by atoms with Gasteiger partial charge < -0.3 is 21.1 Å². The van der Waals surface area contributed by atoms with Crippen molar-refractivity contribution in [3.63, 3.8) is 0 Å². The highest BCUT2D eigenvalue weighted by atomic mass is 19.4. The summed E-state index contributed by atoms with van der Waals surface area (Å²) in [4.78, 5) is 25.3. The number of carbonyl (C=O) groups is 1. The van der Waals surface area contributed by atoms with Crippen LogP contribution in [0.4, 0.5) is 27.6 Å². The second kappa shape index (κ2) is 11.1. The van der Waals surface area contributed by atoms with Crippen LogP contribution in [-0.4, -0.2) is 46.1 Å². The first-order valence-corrected chi connectivity index (χ1v) is 12.3. The van der Waals surface area contributed by atoms with E-state index in [2.05, 4.69) is 25.6 Å². The number of anilines is 1. The predicted octanol–water partition coefficient (Wildman–Crippen LogP) is 4.66. The lowest BCUT2D eigenvalue weighted by molar-refractivity contribution is -0.137. The summed E-state index contributed by atoms with van der Waals surface area (Å²) < 4.78 is 79.4. The summed E-state index contributed by atoms with van der Waals surface area (Å²) in [6, 6.07) is 0.599. The fourth-order valence-corrected chi connectivity index (χ4v) is 4.49. The monoisotopic (exact) mass is 550 g/mol. The Kier molecular flexibility index (Phi) is 8.00. The third kappa shape index (κ3) is 5.63. The highest BCUT2D eigenvalue weighted by molar-refractivity contribution is 6.04. The third-order valence-corrected chi connectivity index (χ3v) is 6.54. The molecule has 1 unspecified atom stereocenters. The molecule has 2 aromatic heterocycles. The number of nitrogens with zero attached hydrogens (tertiary/aromatic N) is 3. The van der Waals surface area contributed by atoms with E-state index < -0.39 is 63.5 Å². The quantitative estimate of drug-likeness (QED) is 0.321. The topological polar surface area (TPSA) is 115 Å². The number of hydrogen-bond acceptors (Lipinski definition) is 7. The van der Waals surface area contributed by atoms with E-state index in [9.17, 15) is 22.4 Å². The number of amides is 1. The van der Waals surface area contributed by atoms with Gasteiger partial charge in [-0.3, -0.25) is 4.79 Å². The lowest BCUT2D eigenvalue weighted by Gasteiger charge is -2.22. The van der Waals surface area contributed by atoms with E-state index in [0.29, 0.717) is 25.5 Å². The zero-order valence-corrected chi connectivity index (χ0v) is 21.4. The van der Waals surface area contributed by atoms with Crippen LogP contribution in [0.1, 0.15) is 48.2 Å². The molecule has 4 N–H and O–H groups in total. The van der Waals surface area contributed by atoms with Crippen LogP contribution < -0.4 is 21.1 Å². The molecule has 3 heterocycles. The zero-order valence-electron chi connectivity index (χ0n) is 21.4. The lowest BCUT2D eigenvalue weighted by atomic mass is 9.93. The molecule has 3 aromatic rings. The summed E-state index contributed by atoms with van der Waals surface area (Å²) in [5, 5.41) is 6.03. The number of aromatic nitrogens is 3. The van der Waals surface area contributed by atoms with Crippen molar-refractivity contribution < 1.29 is 31.5 Å². The van der Waals surface area contributed by atoms with Gasteiger partial charge in [0.05, 0.1) is 17.4 Å². The Balaban J connectivity index is 2.08. The molecule has 0 spiro atoms. The van der Waals surface area contributed by atoms with Crippen LogP contribution in [0.15, 0.2) is 24.8 Å². The minimum Gasteiger partial charge on any atom is -0.474 e. The Hall–Kier alpha value is -3.87. The van der Waals surface area contributed by atoms with Crippen molar-refractivity contribution in [2.75, 3.05) is 18.8 Å². The highest BCUT2D eigenvalue weighted by Crippen LogP contribution is 2.45. The standard InChI is InChI=1S/C26H27F5N6O2/c1-4-15-10-36-24(38)19-18(14-8-33-11-34-9-14)22(28)23(37-25(19)39-12(2)5-6-35-15)16-7-17(32)21(27)13(3)20(16)26(29,30)31/h7-9,11-12,15,35H,4-6,10,32H2,1-3H3,(H,36,38)/t12-,15?/m0/s1. The number of halogens is 5. The molecule has 13 heteroatoms. The van der Waals surface area contributed by atoms with Crippen LogP contribution in [0.25, 0.3) is 22.4 Å². The number of alkyl halides is 3. The summed E-state index contributed by atoms with van der Waals surface area (Å²) in [5.41, 5.74) is 0.443. The molecule has 1 aliphatic heterocycles. The molecule has 39 heavy (non-hydrogen) atoms. The molecule has 1 aliphatic rings. The normalized spacial score (nSPS) is 18.5. The van der Waals surface area contributed by atoms with Crippen LogP contribution in [0, 0.1) is 18.6 Å². The fraction of sp³-hybridized carbons (Fsp3) is 0.385. The van der Waals surface area contributed by atoms with Crippen molar-refractivity contribution >= 4 is 11.6 Å². The van der Waals surface area contributed by atoms with Crippen molar-refractivity contribution in [2.24, 2.45) is 0 Å². The zero-order chi connectivity index (χ0) is 28.5. The number of carbonyl (C=O) groups excluding carboxylic acids is 1. The van der Waals surface area contributed by atoms with Gasteiger partial charge in [0, 0.05) is 41.7 Å². The summed E-state index contributed by atoms with van der Waals surface area (Å²) in [6.45, 7) is 5.24. The molecular formula is C26H27F5N6O2. The van der Waals surface area contributed by atoms with Gasteiger partial charge >= 0.3 is 6.18 Å². The van der Waals surface area contributed by atoms with Crippen molar-refractivity contribution in [1.29, 1.82) is 0 Å². The first-order chi connectivity index (χ1) is 18.4. The summed E-state index contributed by atoms with van der Waals surface area (Å²) >= 11 is 0. The second-order valence-electron chi connectivity index (χ2n) is 9.27. The number of nitrogen functional groups attached to an aromatic ring is 1. The van der Waals surface area contributed by atoms with Gasteiger partial charge in [0.2, 0.25) is 5.88 Å². The van der Waals surface area contributed by atoms with Gasteiger partial charge in [0.25, 0.3) is 5.91 Å². The summed E-state index contributed by atoms with van der Waals surface area (Å²) in [7, 11) is 0. The van der Waals surface area contributed by atoms with E-state index in [1.165, 1.54) is 18.7 Å². The Morgan fingerprint density at radius 3 is 2.49 bits per heavy atom. The number of fused-ring (bicyclic) bond motifs is 1. The van der Waals surface area contributed by atoms with Gasteiger partial charge in [-0.05, 0) is 44.9 Å². The second-order valence-corrected chi connectivity index (χ2v) is 9.27. The minimum atomic E-state index is -5.08. The Bertz CT molecular complexity index is 1380. The highest BCUT2D eigenvalue weighted by Gasteiger charge is 2.40. The van der Waals surface area contributed by atoms with Crippen molar-refractivity contribution in [2.45, 2.75) is 51.9 Å². The molecule has 8 nitrogen and oxygen atoms in total. The molecule has 0 fully saturated rings. The van der Waals surface area contributed by atoms with Crippen molar-refractivity contribution in [1.82, 2.24) is 25.6 Å². The molecule has 2 atom stereocenters. The van der Waals surface area contributed by atoms with Crippen molar-refractivity contribution in [3.8, 4) is 28.3 Å². The maximum absolute atomic E-state index is 16.4. The van der Waals surface area contributed by atoms with E-state index in [4.69, 9.17) is 10.5 Å². The molecular weight excluding hydrogens is 523 g/mol. The average molecular weight is 551 g/mol. The molecule has 0 saturated carbocycles.